The second-order valence-electron chi connectivity index (χ2n) is 3.72. The monoisotopic (exact) mass is 233 g/mol. The summed E-state index contributed by atoms with van der Waals surface area (Å²) in [6, 6.07) is 3.11. The third-order valence-corrected chi connectivity index (χ3v) is 3.27. The van der Waals surface area contributed by atoms with Crippen molar-refractivity contribution in [3.8, 4) is 0 Å². The Balaban J connectivity index is 2.30. The smallest absolute Gasteiger partial charge is 0.142 e. The van der Waals surface area contributed by atoms with Gasteiger partial charge in [-0.1, -0.05) is 23.2 Å². The van der Waals surface area contributed by atoms with Gasteiger partial charge in [-0.2, -0.15) is 0 Å². The van der Waals surface area contributed by atoms with Crippen LogP contribution in [0, 0.1) is 5.82 Å². The summed E-state index contributed by atoms with van der Waals surface area (Å²) < 4.78 is 13.2. The molecule has 2 N–H and O–H groups in total. The van der Waals surface area contributed by atoms with Crippen molar-refractivity contribution < 1.29 is 4.39 Å². The lowest BCUT2D eigenvalue weighted by Gasteiger charge is -2.33. The molecule has 1 aromatic rings. The van der Waals surface area contributed by atoms with E-state index in [0.29, 0.717) is 10.9 Å². The van der Waals surface area contributed by atoms with E-state index in [0.717, 1.165) is 18.4 Å². The summed E-state index contributed by atoms with van der Waals surface area (Å²) in [5.41, 5.74) is 6.49. The zero-order chi connectivity index (χ0) is 10.3. The SMILES string of the molecule is NC1CC(c2cc(F)c(Cl)cc2Cl)C1. The fourth-order valence-electron chi connectivity index (χ4n) is 1.77. The minimum absolute atomic E-state index is 0.0716. The van der Waals surface area contributed by atoms with Crippen LogP contribution >= 0.6 is 23.2 Å². The van der Waals surface area contributed by atoms with E-state index in [1.54, 1.807) is 0 Å². The van der Waals surface area contributed by atoms with Gasteiger partial charge in [-0.15, -0.1) is 0 Å². The van der Waals surface area contributed by atoms with Gasteiger partial charge in [0.05, 0.1) is 5.02 Å². The second-order valence-corrected chi connectivity index (χ2v) is 4.53. The Labute approximate surface area is 92.0 Å². The van der Waals surface area contributed by atoms with Gasteiger partial charge in [-0.05, 0) is 36.5 Å². The highest BCUT2D eigenvalue weighted by atomic mass is 35.5. The normalized spacial score (nSPS) is 26.0. The molecule has 1 nitrogen and oxygen atoms in total. The Bertz CT molecular complexity index is 361. The Kier molecular flexibility index (Phi) is 2.69. The second kappa shape index (κ2) is 3.69. The van der Waals surface area contributed by atoms with Gasteiger partial charge >= 0.3 is 0 Å². The highest BCUT2D eigenvalue weighted by Crippen LogP contribution is 2.40. The molecule has 2 rings (SSSR count). The van der Waals surface area contributed by atoms with Gasteiger partial charge in [0.25, 0.3) is 0 Å². The van der Waals surface area contributed by atoms with Crippen LogP contribution in [0.25, 0.3) is 0 Å². The summed E-state index contributed by atoms with van der Waals surface area (Å²) in [7, 11) is 0. The van der Waals surface area contributed by atoms with Crippen molar-refractivity contribution in [3.05, 3.63) is 33.6 Å². The summed E-state index contributed by atoms with van der Waals surface area (Å²) in [5, 5.41) is 0.607. The molecule has 1 aliphatic rings. The number of rotatable bonds is 1. The van der Waals surface area contributed by atoms with E-state index in [2.05, 4.69) is 0 Å². The highest BCUT2D eigenvalue weighted by Gasteiger charge is 2.29. The van der Waals surface area contributed by atoms with Crippen LogP contribution in [0.5, 0.6) is 0 Å². The van der Waals surface area contributed by atoms with Crippen LogP contribution in [-0.2, 0) is 0 Å². The average molecular weight is 234 g/mol. The molecule has 4 heteroatoms. The molecule has 1 aromatic carbocycles. The standard InChI is InChI=1S/C10H10Cl2FN/c11-8-4-9(12)10(13)3-7(8)5-1-6(14)2-5/h3-6H,1-2,14H2. The van der Waals surface area contributed by atoms with Gasteiger partial charge in [0.1, 0.15) is 5.82 Å². The molecule has 0 spiro atoms. The number of hydrogen-bond acceptors (Lipinski definition) is 1. The van der Waals surface area contributed by atoms with Gasteiger partial charge in [-0.3, -0.25) is 0 Å². The number of halogens is 3. The lowest BCUT2D eigenvalue weighted by molar-refractivity contribution is 0.350. The van der Waals surface area contributed by atoms with E-state index in [4.69, 9.17) is 28.9 Å². The molecule has 76 valence electrons. The van der Waals surface area contributed by atoms with E-state index in [1.165, 1.54) is 12.1 Å². The summed E-state index contributed by atoms with van der Waals surface area (Å²) in [5.74, 6) is -0.115. The molecule has 0 radical (unpaired) electrons. The fourth-order valence-corrected chi connectivity index (χ4v) is 2.30. The average Bonchev–Trinajstić information content (AvgIpc) is 2.07. The highest BCUT2D eigenvalue weighted by molar-refractivity contribution is 6.35. The number of hydrogen-bond donors (Lipinski definition) is 1. The van der Waals surface area contributed by atoms with Crippen LogP contribution in [0.15, 0.2) is 12.1 Å². The molecule has 1 saturated carbocycles. The molecule has 1 aliphatic carbocycles. The maximum absolute atomic E-state index is 13.2. The first-order chi connectivity index (χ1) is 6.58. The van der Waals surface area contributed by atoms with Crippen molar-refractivity contribution in [1.82, 2.24) is 0 Å². The minimum Gasteiger partial charge on any atom is -0.328 e. The molecule has 0 amide bonds. The van der Waals surface area contributed by atoms with E-state index in [9.17, 15) is 4.39 Å². The molecule has 0 heterocycles. The molecule has 14 heavy (non-hydrogen) atoms. The lowest BCUT2D eigenvalue weighted by atomic mass is 9.76. The van der Waals surface area contributed by atoms with E-state index >= 15 is 0 Å². The molecular weight excluding hydrogens is 224 g/mol. The van der Waals surface area contributed by atoms with Gasteiger partial charge in [0.2, 0.25) is 0 Å². The third-order valence-electron chi connectivity index (χ3n) is 2.65. The fraction of sp³-hybridized carbons (Fsp3) is 0.400. The van der Waals surface area contributed by atoms with Crippen molar-refractivity contribution in [1.29, 1.82) is 0 Å². The Hall–Kier alpha value is -0.310. The van der Waals surface area contributed by atoms with Crippen LogP contribution < -0.4 is 5.73 Å². The molecule has 0 aromatic heterocycles. The summed E-state index contributed by atoms with van der Waals surface area (Å²) in [6.07, 6.45) is 1.75. The van der Waals surface area contributed by atoms with Gasteiger partial charge in [-0.25, -0.2) is 4.39 Å². The van der Waals surface area contributed by atoms with Gasteiger partial charge in [0.15, 0.2) is 0 Å². The van der Waals surface area contributed by atoms with Crippen molar-refractivity contribution >= 4 is 23.2 Å². The van der Waals surface area contributed by atoms with Crippen molar-refractivity contribution in [2.75, 3.05) is 0 Å². The first kappa shape index (κ1) is 10.2. The van der Waals surface area contributed by atoms with E-state index in [-0.39, 0.29) is 11.1 Å². The molecule has 0 unspecified atom stereocenters. The predicted octanol–water partition coefficient (Wildman–Crippen LogP) is 3.34. The van der Waals surface area contributed by atoms with Crippen LogP contribution in [0.4, 0.5) is 4.39 Å². The first-order valence-electron chi connectivity index (χ1n) is 4.48. The summed E-state index contributed by atoms with van der Waals surface area (Å²) in [4.78, 5) is 0. The molecule has 0 bridgehead atoms. The number of nitrogens with two attached hydrogens (primary N) is 1. The van der Waals surface area contributed by atoms with Crippen LogP contribution in [-0.4, -0.2) is 6.04 Å². The third kappa shape index (κ3) is 1.74. The lowest BCUT2D eigenvalue weighted by Crippen LogP contribution is -2.34. The molecule has 1 fully saturated rings. The van der Waals surface area contributed by atoms with Gasteiger partial charge < -0.3 is 5.73 Å². The zero-order valence-electron chi connectivity index (χ0n) is 7.43. The maximum Gasteiger partial charge on any atom is 0.142 e. The first-order valence-corrected chi connectivity index (χ1v) is 5.23. The van der Waals surface area contributed by atoms with E-state index < -0.39 is 5.82 Å². The maximum atomic E-state index is 13.2. The van der Waals surface area contributed by atoms with Crippen LogP contribution in [0.3, 0.4) is 0 Å². The predicted molar refractivity (Wildman–Crippen MR) is 56.4 cm³/mol. The van der Waals surface area contributed by atoms with Crippen molar-refractivity contribution in [2.45, 2.75) is 24.8 Å². The van der Waals surface area contributed by atoms with E-state index in [1.807, 2.05) is 0 Å². The van der Waals surface area contributed by atoms with Crippen LogP contribution in [0.2, 0.25) is 10.0 Å². The van der Waals surface area contributed by atoms with Crippen molar-refractivity contribution in [2.24, 2.45) is 5.73 Å². The van der Waals surface area contributed by atoms with Gasteiger partial charge in [0, 0.05) is 11.1 Å². The molecule has 0 saturated heterocycles. The molecule has 0 aliphatic heterocycles. The Morgan fingerprint density at radius 2 is 1.86 bits per heavy atom. The minimum atomic E-state index is -0.411. The zero-order valence-corrected chi connectivity index (χ0v) is 8.95. The summed E-state index contributed by atoms with van der Waals surface area (Å²) in [6.45, 7) is 0. The molecule has 0 atom stereocenters. The largest absolute Gasteiger partial charge is 0.328 e. The summed E-state index contributed by atoms with van der Waals surface area (Å²) >= 11 is 11.6. The van der Waals surface area contributed by atoms with Crippen LogP contribution in [0.1, 0.15) is 24.3 Å². The van der Waals surface area contributed by atoms with Crippen molar-refractivity contribution in [3.63, 3.8) is 0 Å². The Morgan fingerprint density at radius 3 is 2.43 bits per heavy atom. The topological polar surface area (TPSA) is 26.0 Å². The number of benzene rings is 1. The quantitative estimate of drug-likeness (QED) is 0.741. The Morgan fingerprint density at radius 1 is 1.21 bits per heavy atom. The molecular formula is C10H10Cl2FN.